The summed E-state index contributed by atoms with van der Waals surface area (Å²) in [7, 11) is 0. The van der Waals surface area contributed by atoms with E-state index in [-0.39, 0.29) is 13.0 Å². The molecule has 6 nitrogen and oxygen atoms in total. The highest BCUT2D eigenvalue weighted by Crippen LogP contribution is 2.81. The number of ether oxygens (including phenoxy) is 1. The average molecular weight is 300 g/mol. The maximum atomic E-state index is 11.5. The molecule has 5 fully saturated rings. The number of hydrogen-bond acceptors (Lipinski definition) is 6. The van der Waals surface area contributed by atoms with Gasteiger partial charge in [-0.05, 0) is 26.2 Å². The van der Waals surface area contributed by atoms with E-state index < -0.39 is 45.4 Å². The fraction of sp³-hybridized carbons (Fsp3) is 1.00. The van der Waals surface area contributed by atoms with Crippen LogP contribution in [0, 0.1) is 16.2 Å². The second-order valence-corrected chi connectivity index (χ2v) is 8.25. The minimum Gasteiger partial charge on any atom is -0.392 e. The molecule has 5 rings (SSSR count). The van der Waals surface area contributed by atoms with Crippen molar-refractivity contribution in [2.75, 3.05) is 6.61 Å². The van der Waals surface area contributed by atoms with Crippen molar-refractivity contribution in [2.45, 2.75) is 69.2 Å². The summed E-state index contributed by atoms with van der Waals surface area (Å²) in [6.07, 6.45) is -1.74. The minimum absolute atomic E-state index is 0.0441. The van der Waals surface area contributed by atoms with Crippen molar-refractivity contribution in [3.05, 3.63) is 0 Å². The lowest BCUT2D eigenvalue weighted by molar-refractivity contribution is -0.424. The second-order valence-electron chi connectivity index (χ2n) is 8.25. The SMILES string of the molecule is C[C@@]12CO[C@]3(O)[C@H](O)[C@]4(C[C@H](O)[C@]13C)[C@]2(O)CC[C@@]4(C)O. The Hall–Kier alpha value is -0.240. The van der Waals surface area contributed by atoms with Crippen LogP contribution in [0.25, 0.3) is 0 Å². The Morgan fingerprint density at radius 3 is 2.24 bits per heavy atom. The molecule has 1 spiro atoms. The number of aliphatic hydroxyl groups is 5. The van der Waals surface area contributed by atoms with Gasteiger partial charge < -0.3 is 30.3 Å². The molecule has 1 aliphatic heterocycles. The van der Waals surface area contributed by atoms with E-state index in [9.17, 15) is 25.5 Å². The van der Waals surface area contributed by atoms with Gasteiger partial charge in [0.15, 0.2) is 0 Å². The molecule has 0 aromatic heterocycles. The van der Waals surface area contributed by atoms with Crippen LogP contribution in [0.5, 0.6) is 0 Å². The van der Waals surface area contributed by atoms with E-state index in [0.29, 0.717) is 12.8 Å². The zero-order valence-corrected chi connectivity index (χ0v) is 12.6. The fourth-order valence-corrected chi connectivity index (χ4v) is 6.42. The highest BCUT2D eigenvalue weighted by Gasteiger charge is 2.93. The first-order valence-electron chi connectivity index (χ1n) is 7.62. The van der Waals surface area contributed by atoms with Crippen LogP contribution in [0.15, 0.2) is 0 Å². The van der Waals surface area contributed by atoms with Crippen LogP contribution in [0.4, 0.5) is 0 Å². The molecule has 4 bridgehead atoms. The number of rotatable bonds is 0. The first kappa shape index (κ1) is 14.4. The van der Waals surface area contributed by atoms with Crippen LogP contribution in [0.3, 0.4) is 0 Å². The van der Waals surface area contributed by atoms with Crippen LogP contribution < -0.4 is 0 Å². The molecular weight excluding hydrogens is 276 g/mol. The average Bonchev–Trinajstić information content (AvgIpc) is 2.74. The Bertz CT molecular complexity index is 536. The molecule has 5 N–H and O–H groups in total. The maximum Gasteiger partial charge on any atom is 0.201 e. The van der Waals surface area contributed by atoms with Crippen LogP contribution in [0.2, 0.25) is 0 Å². The normalized spacial score (nSPS) is 72.0. The van der Waals surface area contributed by atoms with E-state index in [1.165, 1.54) is 0 Å². The maximum absolute atomic E-state index is 11.5. The molecule has 6 heteroatoms. The summed E-state index contributed by atoms with van der Waals surface area (Å²) >= 11 is 0. The molecule has 0 aromatic rings. The van der Waals surface area contributed by atoms with Gasteiger partial charge in [-0.3, -0.25) is 0 Å². The van der Waals surface area contributed by atoms with Crippen molar-refractivity contribution in [2.24, 2.45) is 16.2 Å². The van der Waals surface area contributed by atoms with E-state index in [0.717, 1.165) is 0 Å². The lowest BCUT2D eigenvalue weighted by Gasteiger charge is -2.73. The lowest BCUT2D eigenvalue weighted by Crippen LogP contribution is -2.86. The summed E-state index contributed by atoms with van der Waals surface area (Å²) < 4.78 is 5.55. The second kappa shape index (κ2) is 3.18. The summed E-state index contributed by atoms with van der Waals surface area (Å²) in [6, 6.07) is 0. The quantitative estimate of drug-likeness (QED) is 0.397. The van der Waals surface area contributed by atoms with Crippen molar-refractivity contribution in [1.82, 2.24) is 0 Å². The van der Waals surface area contributed by atoms with Gasteiger partial charge >= 0.3 is 0 Å². The summed E-state index contributed by atoms with van der Waals surface area (Å²) in [5.41, 5.74) is -6.29. The smallest absolute Gasteiger partial charge is 0.201 e. The summed E-state index contributed by atoms with van der Waals surface area (Å²) in [5.74, 6) is -1.96. The van der Waals surface area contributed by atoms with Crippen molar-refractivity contribution in [1.29, 1.82) is 0 Å². The predicted molar refractivity (Wildman–Crippen MR) is 71.0 cm³/mol. The third-order valence-electron chi connectivity index (χ3n) is 8.08. The van der Waals surface area contributed by atoms with Crippen LogP contribution in [-0.4, -0.2) is 61.3 Å². The standard InChI is InChI=1S/C15H24O6/c1-10-7-21-15(20)9(17)13(6-8(16)12(10,15)3)11(2,18)4-5-14(10,13)19/h8-9,16-20H,4-7H2,1-3H3/t8-,9+,10+,11+,12+,13-,14-,15+/m0/s1. The number of aliphatic hydroxyl groups excluding tert-OH is 2. The van der Waals surface area contributed by atoms with Gasteiger partial charge in [-0.15, -0.1) is 0 Å². The van der Waals surface area contributed by atoms with Crippen LogP contribution in [-0.2, 0) is 4.74 Å². The Kier molecular flexibility index (Phi) is 2.17. The molecule has 0 amide bonds. The van der Waals surface area contributed by atoms with Gasteiger partial charge in [0.25, 0.3) is 0 Å². The molecule has 4 saturated carbocycles. The highest BCUT2D eigenvalue weighted by atomic mass is 16.7. The zero-order chi connectivity index (χ0) is 15.7. The molecule has 120 valence electrons. The summed E-state index contributed by atoms with van der Waals surface area (Å²) in [4.78, 5) is 0. The molecule has 1 heterocycles. The third-order valence-corrected chi connectivity index (χ3v) is 8.08. The Morgan fingerprint density at radius 1 is 1.00 bits per heavy atom. The third kappa shape index (κ3) is 0.932. The van der Waals surface area contributed by atoms with Gasteiger partial charge in [0.05, 0.1) is 34.7 Å². The Balaban J connectivity index is 2.10. The van der Waals surface area contributed by atoms with Gasteiger partial charge in [-0.25, -0.2) is 0 Å². The monoisotopic (exact) mass is 300 g/mol. The molecule has 21 heavy (non-hydrogen) atoms. The van der Waals surface area contributed by atoms with Crippen molar-refractivity contribution in [3.63, 3.8) is 0 Å². The molecule has 5 aliphatic rings. The van der Waals surface area contributed by atoms with E-state index in [1.54, 1.807) is 20.8 Å². The number of fused-ring (bicyclic) bond motifs is 1. The molecule has 1 saturated heterocycles. The summed E-state index contributed by atoms with van der Waals surface area (Å²) in [5, 5.41) is 55.0. The molecule has 0 aromatic carbocycles. The topological polar surface area (TPSA) is 110 Å². The van der Waals surface area contributed by atoms with Gasteiger partial charge in [0, 0.05) is 5.41 Å². The van der Waals surface area contributed by atoms with Crippen molar-refractivity contribution < 1.29 is 30.3 Å². The predicted octanol–water partition coefficient (Wildman–Crippen LogP) is -0.881. The zero-order valence-electron chi connectivity index (χ0n) is 12.6. The van der Waals surface area contributed by atoms with Crippen molar-refractivity contribution in [3.8, 4) is 0 Å². The van der Waals surface area contributed by atoms with Gasteiger partial charge in [0.2, 0.25) is 5.79 Å². The Labute approximate surface area is 123 Å². The van der Waals surface area contributed by atoms with Crippen molar-refractivity contribution >= 4 is 0 Å². The molecular formula is C15H24O6. The molecule has 8 atom stereocenters. The fourth-order valence-electron chi connectivity index (χ4n) is 6.42. The minimum atomic E-state index is -1.96. The van der Waals surface area contributed by atoms with Gasteiger partial charge in [-0.1, -0.05) is 13.8 Å². The van der Waals surface area contributed by atoms with Crippen LogP contribution in [0.1, 0.15) is 40.0 Å². The largest absolute Gasteiger partial charge is 0.392 e. The summed E-state index contributed by atoms with van der Waals surface area (Å²) in [6.45, 7) is 5.07. The first-order chi connectivity index (χ1) is 9.45. The first-order valence-corrected chi connectivity index (χ1v) is 7.62. The molecule has 0 radical (unpaired) electrons. The van der Waals surface area contributed by atoms with Crippen LogP contribution >= 0.6 is 0 Å². The van der Waals surface area contributed by atoms with Gasteiger partial charge in [-0.2, -0.15) is 0 Å². The molecule has 0 unspecified atom stereocenters. The van der Waals surface area contributed by atoms with E-state index >= 15 is 0 Å². The Morgan fingerprint density at radius 2 is 1.62 bits per heavy atom. The van der Waals surface area contributed by atoms with E-state index in [2.05, 4.69) is 0 Å². The van der Waals surface area contributed by atoms with E-state index in [1.807, 2.05) is 0 Å². The molecule has 4 aliphatic carbocycles. The lowest BCUT2D eigenvalue weighted by atomic mass is 9.34. The highest BCUT2D eigenvalue weighted by molar-refractivity contribution is 5.39. The number of hydrogen-bond donors (Lipinski definition) is 5. The van der Waals surface area contributed by atoms with E-state index in [4.69, 9.17) is 4.74 Å². The van der Waals surface area contributed by atoms with Gasteiger partial charge in [0.1, 0.15) is 6.10 Å².